The third kappa shape index (κ3) is 4.60. The number of benzene rings is 1. The van der Waals surface area contributed by atoms with Gasteiger partial charge in [-0.3, -0.25) is 14.5 Å². The Bertz CT molecular complexity index is 1370. The van der Waals surface area contributed by atoms with E-state index >= 15 is 0 Å². The topological polar surface area (TPSA) is 115 Å². The smallest absolute Gasteiger partial charge is 0.263 e. The number of fused-ring (bicyclic) bond motifs is 2. The molecule has 2 fully saturated rings. The first-order chi connectivity index (χ1) is 18.1. The molecule has 5 heterocycles. The average Bonchev–Trinajstić information content (AvgIpc) is 3.39. The maximum atomic E-state index is 13.2. The number of pyridine rings is 2. The van der Waals surface area contributed by atoms with Gasteiger partial charge in [0.2, 0.25) is 5.88 Å². The van der Waals surface area contributed by atoms with Crippen LogP contribution >= 0.6 is 0 Å². The number of nitrogens with zero attached hydrogens (tertiary/aromatic N) is 3. The van der Waals surface area contributed by atoms with Crippen LogP contribution in [0.15, 0.2) is 47.5 Å². The zero-order chi connectivity index (χ0) is 25.4. The second-order valence-electron chi connectivity index (χ2n) is 9.75. The number of H-pyrrole nitrogens is 1. The van der Waals surface area contributed by atoms with Gasteiger partial charge in [-0.15, -0.1) is 0 Å². The molecule has 6 rings (SSSR count). The van der Waals surface area contributed by atoms with Crippen molar-refractivity contribution in [2.45, 2.75) is 25.8 Å². The van der Waals surface area contributed by atoms with Gasteiger partial charge in [-0.1, -0.05) is 0 Å². The summed E-state index contributed by atoms with van der Waals surface area (Å²) >= 11 is 0. The van der Waals surface area contributed by atoms with Crippen LogP contribution in [0.2, 0.25) is 0 Å². The van der Waals surface area contributed by atoms with E-state index in [1.165, 1.54) is 25.6 Å². The van der Waals surface area contributed by atoms with Crippen LogP contribution in [-0.2, 0) is 0 Å². The lowest BCUT2D eigenvalue weighted by Gasteiger charge is -2.38. The molecule has 1 aromatic carbocycles. The molecule has 1 amide bonds. The largest absolute Gasteiger partial charge is 0.474 e. The summed E-state index contributed by atoms with van der Waals surface area (Å²) < 4.78 is 5.60. The van der Waals surface area contributed by atoms with Crippen molar-refractivity contribution >= 4 is 34.3 Å². The molecule has 2 aromatic heterocycles. The molecule has 0 bridgehead atoms. The van der Waals surface area contributed by atoms with Crippen molar-refractivity contribution in [1.29, 1.82) is 0 Å². The van der Waals surface area contributed by atoms with Gasteiger partial charge in [0.1, 0.15) is 17.9 Å². The molecule has 192 valence electrons. The average molecular weight is 502 g/mol. The first kappa shape index (κ1) is 23.4. The third-order valence-electron chi connectivity index (χ3n) is 7.48. The molecule has 10 heteroatoms. The minimum absolute atomic E-state index is 0.00487. The Labute approximate surface area is 215 Å². The number of hydrogen-bond acceptors (Lipinski definition) is 8. The van der Waals surface area contributed by atoms with Gasteiger partial charge in [0.15, 0.2) is 0 Å². The monoisotopic (exact) mass is 501 g/mol. The van der Waals surface area contributed by atoms with Crippen LogP contribution in [0.4, 0.5) is 28.4 Å². The highest BCUT2D eigenvalue weighted by Crippen LogP contribution is 2.34. The molecule has 2 saturated heterocycles. The number of amides is 1. The van der Waals surface area contributed by atoms with Gasteiger partial charge in [0.05, 0.1) is 17.6 Å². The van der Waals surface area contributed by atoms with Gasteiger partial charge < -0.3 is 30.6 Å². The van der Waals surface area contributed by atoms with Gasteiger partial charge in [-0.2, -0.15) is 0 Å². The number of rotatable bonds is 5. The predicted molar refractivity (Wildman–Crippen MR) is 145 cm³/mol. The van der Waals surface area contributed by atoms with Gasteiger partial charge in [0.25, 0.3) is 11.5 Å². The number of aromatic amines is 1. The van der Waals surface area contributed by atoms with E-state index in [0.29, 0.717) is 42.1 Å². The van der Waals surface area contributed by atoms with Crippen molar-refractivity contribution < 1.29 is 9.53 Å². The van der Waals surface area contributed by atoms with E-state index in [9.17, 15) is 9.59 Å². The summed E-state index contributed by atoms with van der Waals surface area (Å²) in [5, 5.41) is 9.40. The standard InChI is InChI=1S/C27H31N7O3/c1-17-22(15-30-27-24(17)28-10-14-37-27)32-21-8-9-29-25(35)23(21)26(36)31-18-4-6-19(7-5-18)34-13-12-33-11-2-3-20(33)16-34/h4-9,15,20,28H,2-3,10-14,16H2,1H3,(H,31,36)(H2,29,32,35)/t20-/m1/s1. The molecular weight excluding hydrogens is 470 g/mol. The van der Waals surface area contributed by atoms with Crippen LogP contribution in [0.1, 0.15) is 28.8 Å². The van der Waals surface area contributed by atoms with Crippen LogP contribution in [0.5, 0.6) is 5.88 Å². The maximum Gasteiger partial charge on any atom is 0.263 e. The Balaban J connectivity index is 1.19. The minimum Gasteiger partial charge on any atom is -0.474 e. The van der Waals surface area contributed by atoms with Crippen LogP contribution in [0.25, 0.3) is 0 Å². The Morgan fingerprint density at radius 1 is 1.14 bits per heavy atom. The number of aromatic nitrogens is 2. The molecular formula is C27H31N7O3. The van der Waals surface area contributed by atoms with Crippen molar-refractivity contribution in [3.8, 4) is 5.88 Å². The van der Waals surface area contributed by atoms with Crippen LogP contribution in [-0.4, -0.2) is 66.1 Å². The summed E-state index contributed by atoms with van der Waals surface area (Å²) in [4.78, 5) is 37.9. The van der Waals surface area contributed by atoms with Gasteiger partial charge in [0, 0.05) is 55.4 Å². The zero-order valence-electron chi connectivity index (χ0n) is 20.8. The molecule has 0 radical (unpaired) electrons. The number of carbonyl (C=O) groups is 1. The molecule has 0 saturated carbocycles. The van der Waals surface area contributed by atoms with E-state index in [0.717, 1.165) is 36.6 Å². The molecule has 0 aliphatic carbocycles. The van der Waals surface area contributed by atoms with E-state index in [2.05, 4.69) is 35.7 Å². The van der Waals surface area contributed by atoms with Gasteiger partial charge >= 0.3 is 0 Å². The summed E-state index contributed by atoms with van der Waals surface area (Å²) in [7, 11) is 0. The van der Waals surface area contributed by atoms with Crippen molar-refractivity contribution in [3.05, 3.63) is 64.2 Å². The van der Waals surface area contributed by atoms with Crippen LogP contribution in [0.3, 0.4) is 0 Å². The SMILES string of the molecule is Cc1c(Nc2cc[nH]c(=O)c2C(=O)Nc2ccc(N3CCN4CCC[C@@H]4C3)cc2)cnc2c1NCCO2. The zero-order valence-corrected chi connectivity index (χ0v) is 20.8. The summed E-state index contributed by atoms with van der Waals surface area (Å²) in [5.74, 6) is 0.0634. The lowest BCUT2D eigenvalue weighted by molar-refractivity contribution is 0.102. The summed E-state index contributed by atoms with van der Waals surface area (Å²) in [5.41, 5.74) is 4.10. The molecule has 37 heavy (non-hydrogen) atoms. The van der Waals surface area contributed by atoms with E-state index in [-0.39, 0.29) is 5.56 Å². The molecule has 10 nitrogen and oxygen atoms in total. The lowest BCUT2D eigenvalue weighted by atomic mass is 10.1. The summed E-state index contributed by atoms with van der Waals surface area (Å²) in [6.45, 7) is 7.54. The van der Waals surface area contributed by atoms with E-state index in [1.807, 2.05) is 31.2 Å². The molecule has 4 N–H and O–H groups in total. The Kier molecular flexibility index (Phi) is 6.17. The lowest BCUT2D eigenvalue weighted by Crippen LogP contribution is -2.50. The third-order valence-corrected chi connectivity index (χ3v) is 7.48. The van der Waals surface area contributed by atoms with Crippen molar-refractivity contribution in [1.82, 2.24) is 14.9 Å². The number of anilines is 5. The van der Waals surface area contributed by atoms with Gasteiger partial charge in [-0.25, -0.2) is 4.98 Å². The fraction of sp³-hybridized carbons (Fsp3) is 0.370. The van der Waals surface area contributed by atoms with Gasteiger partial charge in [-0.05, 0) is 56.6 Å². The maximum absolute atomic E-state index is 13.2. The van der Waals surface area contributed by atoms with Crippen LogP contribution < -0.4 is 31.1 Å². The minimum atomic E-state index is -0.485. The normalized spacial score (nSPS) is 18.8. The quantitative estimate of drug-likeness (QED) is 0.422. The number of hydrogen-bond donors (Lipinski definition) is 4. The molecule has 3 aromatic rings. The molecule has 1 atom stereocenters. The fourth-order valence-electron chi connectivity index (χ4n) is 5.48. The molecule has 0 unspecified atom stereocenters. The number of ether oxygens (including phenoxy) is 1. The fourth-order valence-corrected chi connectivity index (χ4v) is 5.48. The Hall–Kier alpha value is -4.05. The second-order valence-corrected chi connectivity index (χ2v) is 9.75. The summed E-state index contributed by atoms with van der Waals surface area (Å²) in [6, 6.07) is 10.2. The van der Waals surface area contributed by atoms with E-state index < -0.39 is 11.5 Å². The molecule has 0 spiro atoms. The molecule has 3 aliphatic heterocycles. The van der Waals surface area contributed by atoms with Crippen molar-refractivity contribution in [2.75, 3.05) is 60.2 Å². The first-order valence-corrected chi connectivity index (χ1v) is 12.8. The Morgan fingerprint density at radius 2 is 2.00 bits per heavy atom. The predicted octanol–water partition coefficient (Wildman–Crippen LogP) is 3.16. The van der Waals surface area contributed by atoms with E-state index in [1.54, 1.807) is 12.3 Å². The molecule has 3 aliphatic rings. The van der Waals surface area contributed by atoms with Crippen LogP contribution in [0, 0.1) is 6.92 Å². The number of piperazine rings is 1. The first-order valence-electron chi connectivity index (χ1n) is 12.8. The highest BCUT2D eigenvalue weighted by molar-refractivity contribution is 6.08. The Morgan fingerprint density at radius 3 is 2.86 bits per heavy atom. The summed E-state index contributed by atoms with van der Waals surface area (Å²) in [6.07, 6.45) is 5.71. The van der Waals surface area contributed by atoms with E-state index in [4.69, 9.17) is 4.74 Å². The number of nitrogens with one attached hydrogen (secondary N) is 4. The van der Waals surface area contributed by atoms with Crippen molar-refractivity contribution in [3.63, 3.8) is 0 Å². The highest BCUT2D eigenvalue weighted by atomic mass is 16.5. The second kappa shape index (κ2) is 9.78. The number of carbonyl (C=O) groups excluding carboxylic acids is 1. The van der Waals surface area contributed by atoms with Crippen molar-refractivity contribution in [2.24, 2.45) is 0 Å². The highest BCUT2D eigenvalue weighted by Gasteiger charge is 2.30.